The fraction of sp³-hybridized carbons (Fsp3) is 0.667. The number of hydrogen-bond donors (Lipinski definition) is 2. The van der Waals surface area contributed by atoms with Crippen LogP contribution in [-0.2, 0) is 10.0 Å². The summed E-state index contributed by atoms with van der Waals surface area (Å²) in [5.74, 6) is 1.07. The van der Waals surface area contributed by atoms with Crippen LogP contribution in [0, 0.1) is 0 Å². The molecule has 0 aliphatic heterocycles. The maximum Gasteiger partial charge on any atom is 0.215 e. The third kappa shape index (κ3) is 7.66. The van der Waals surface area contributed by atoms with Gasteiger partial charge in [-0.2, -0.15) is 11.3 Å². The van der Waals surface area contributed by atoms with Crippen molar-refractivity contribution in [1.29, 1.82) is 0 Å². The van der Waals surface area contributed by atoms with Crippen LogP contribution in [-0.4, -0.2) is 57.7 Å². The van der Waals surface area contributed by atoms with E-state index >= 15 is 0 Å². The molecule has 0 bridgehead atoms. The summed E-state index contributed by atoms with van der Waals surface area (Å²) in [5.41, 5.74) is 1.29. The number of nitrogens with zero attached hydrogens (tertiary/aromatic N) is 2. The van der Waals surface area contributed by atoms with Gasteiger partial charge in [-0.3, -0.25) is 4.99 Å². The standard InChI is InChI=1S/C15H28N4O2S2.HI/c1-5-19(6-2)23(20,21)10-8-17-15(16-4)18-11-13(3)14-7-9-22-12-14;/h7,9,12-13H,5-6,8,10-11H2,1-4H3,(H2,16,17,18);1H. The highest BCUT2D eigenvalue weighted by atomic mass is 127. The van der Waals surface area contributed by atoms with Gasteiger partial charge in [-0.05, 0) is 28.3 Å². The lowest BCUT2D eigenvalue weighted by molar-refractivity contribution is 0.445. The smallest absolute Gasteiger partial charge is 0.215 e. The van der Waals surface area contributed by atoms with E-state index in [1.54, 1.807) is 18.4 Å². The second kappa shape index (κ2) is 12.0. The van der Waals surface area contributed by atoms with Crippen LogP contribution in [0.4, 0.5) is 0 Å². The van der Waals surface area contributed by atoms with Crippen LogP contribution in [0.25, 0.3) is 0 Å². The van der Waals surface area contributed by atoms with E-state index in [9.17, 15) is 8.42 Å². The zero-order valence-electron chi connectivity index (χ0n) is 14.8. The Morgan fingerprint density at radius 2 is 2.00 bits per heavy atom. The molecule has 1 aromatic heterocycles. The molecule has 6 nitrogen and oxygen atoms in total. The molecule has 0 aromatic carbocycles. The fourth-order valence-electron chi connectivity index (χ4n) is 2.19. The van der Waals surface area contributed by atoms with Crippen molar-refractivity contribution in [2.75, 3.05) is 39.0 Å². The van der Waals surface area contributed by atoms with Gasteiger partial charge in [0.15, 0.2) is 5.96 Å². The van der Waals surface area contributed by atoms with E-state index in [-0.39, 0.29) is 29.7 Å². The van der Waals surface area contributed by atoms with Gasteiger partial charge in [-0.25, -0.2) is 12.7 Å². The minimum atomic E-state index is -3.20. The monoisotopic (exact) mass is 488 g/mol. The van der Waals surface area contributed by atoms with Gasteiger partial charge < -0.3 is 10.6 Å². The van der Waals surface area contributed by atoms with Crippen LogP contribution in [0.5, 0.6) is 0 Å². The number of aliphatic imine (C=N–C) groups is 1. The van der Waals surface area contributed by atoms with Crippen molar-refractivity contribution >= 4 is 51.3 Å². The molecule has 0 saturated carbocycles. The van der Waals surface area contributed by atoms with Crippen LogP contribution in [0.15, 0.2) is 21.8 Å². The molecule has 0 fully saturated rings. The second-order valence-electron chi connectivity index (χ2n) is 5.24. The molecule has 1 aromatic rings. The summed E-state index contributed by atoms with van der Waals surface area (Å²) in [4.78, 5) is 4.13. The summed E-state index contributed by atoms with van der Waals surface area (Å²) in [7, 11) is -1.52. The van der Waals surface area contributed by atoms with E-state index in [1.165, 1.54) is 9.87 Å². The van der Waals surface area contributed by atoms with E-state index in [0.717, 1.165) is 6.54 Å². The van der Waals surface area contributed by atoms with Crippen molar-refractivity contribution in [2.45, 2.75) is 26.7 Å². The van der Waals surface area contributed by atoms with Crippen molar-refractivity contribution in [3.63, 3.8) is 0 Å². The summed E-state index contributed by atoms with van der Waals surface area (Å²) in [6, 6.07) is 2.11. The van der Waals surface area contributed by atoms with Gasteiger partial charge in [0.1, 0.15) is 0 Å². The molecular formula is C15H29IN4O2S2. The van der Waals surface area contributed by atoms with Gasteiger partial charge in [-0.15, -0.1) is 24.0 Å². The van der Waals surface area contributed by atoms with E-state index in [1.807, 2.05) is 13.8 Å². The normalized spacial score (nSPS) is 13.5. The van der Waals surface area contributed by atoms with Gasteiger partial charge in [0, 0.05) is 33.2 Å². The minimum absolute atomic E-state index is 0. The highest BCUT2D eigenvalue weighted by Crippen LogP contribution is 2.16. The van der Waals surface area contributed by atoms with Crippen LogP contribution in [0.1, 0.15) is 32.3 Å². The molecule has 0 amide bonds. The number of thiophene rings is 1. The molecule has 0 radical (unpaired) electrons. The predicted octanol–water partition coefficient (Wildman–Crippen LogP) is 2.31. The van der Waals surface area contributed by atoms with Crippen molar-refractivity contribution in [2.24, 2.45) is 4.99 Å². The SMILES string of the molecule is CCN(CC)S(=O)(=O)CCNC(=NC)NCC(C)c1ccsc1.I. The minimum Gasteiger partial charge on any atom is -0.356 e. The van der Waals surface area contributed by atoms with Gasteiger partial charge in [0.2, 0.25) is 10.0 Å². The number of sulfonamides is 1. The van der Waals surface area contributed by atoms with Crippen LogP contribution in [0.3, 0.4) is 0 Å². The van der Waals surface area contributed by atoms with Crippen molar-refractivity contribution in [3.05, 3.63) is 22.4 Å². The van der Waals surface area contributed by atoms with Gasteiger partial charge in [-0.1, -0.05) is 20.8 Å². The highest BCUT2D eigenvalue weighted by Gasteiger charge is 2.18. The van der Waals surface area contributed by atoms with Crippen LogP contribution >= 0.6 is 35.3 Å². The Bertz CT molecular complexity index is 572. The van der Waals surface area contributed by atoms with Gasteiger partial charge in [0.05, 0.1) is 5.75 Å². The first-order chi connectivity index (χ1) is 10.9. The second-order valence-corrected chi connectivity index (χ2v) is 8.11. The summed E-state index contributed by atoms with van der Waals surface area (Å²) in [6.07, 6.45) is 0. The van der Waals surface area contributed by atoms with E-state index in [4.69, 9.17) is 0 Å². The Hall–Kier alpha value is -0.390. The topological polar surface area (TPSA) is 73.8 Å². The zero-order valence-corrected chi connectivity index (χ0v) is 18.7. The number of hydrogen-bond acceptors (Lipinski definition) is 4. The van der Waals surface area contributed by atoms with E-state index < -0.39 is 10.0 Å². The highest BCUT2D eigenvalue weighted by molar-refractivity contribution is 14.0. The molecule has 1 rings (SSSR count). The molecule has 1 heterocycles. The molecule has 2 N–H and O–H groups in total. The molecule has 0 saturated heterocycles. The summed E-state index contributed by atoms with van der Waals surface area (Å²) in [6.45, 7) is 7.94. The summed E-state index contributed by atoms with van der Waals surface area (Å²) in [5, 5.41) is 10.5. The zero-order chi connectivity index (χ0) is 17.3. The van der Waals surface area contributed by atoms with Crippen molar-refractivity contribution in [3.8, 4) is 0 Å². The van der Waals surface area contributed by atoms with Crippen molar-refractivity contribution in [1.82, 2.24) is 14.9 Å². The van der Waals surface area contributed by atoms with Crippen molar-refractivity contribution < 1.29 is 8.42 Å². The quantitative estimate of drug-likeness (QED) is 0.318. The number of guanidine groups is 1. The summed E-state index contributed by atoms with van der Waals surface area (Å²) < 4.78 is 25.7. The third-order valence-corrected chi connectivity index (χ3v) is 6.39. The third-order valence-electron chi connectivity index (χ3n) is 3.66. The first kappa shape index (κ1) is 23.6. The average Bonchev–Trinajstić information content (AvgIpc) is 3.05. The Morgan fingerprint density at radius 1 is 1.33 bits per heavy atom. The molecule has 24 heavy (non-hydrogen) atoms. The maximum atomic E-state index is 12.1. The van der Waals surface area contributed by atoms with E-state index in [2.05, 4.69) is 39.4 Å². The lowest BCUT2D eigenvalue weighted by atomic mass is 10.1. The molecule has 0 spiro atoms. The average molecular weight is 488 g/mol. The van der Waals surface area contributed by atoms with Gasteiger partial charge >= 0.3 is 0 Å². The molecule has 9 heteroatoms. The maximum absolute atomic E-state index is 12.1. The number of rotatable bonds is 9. The molecule has 0 aliphatic carbocycles. The Balaban J connectivity index is 0.00000529. The molecule has 0 aliphatic rings. The largest absolute Gasteiger partial charge is 0.356 e. The summed E-state index contributed by atoms with van der Waals surface area (Å²) >= 11 is 1.69. The molecule has 1 unspecified atom stereocenters. The Morgan fingerprint density at radius 3 is 2.50 bits per heavy atom. The van der Waals surface area contributed by atoms with Gasteiger partial charge in [0.25, 0.3) is 0 Å². The first-order valence-electron chi connectivity index (χ1n) is 7.89. The number of nitrogens with one attached hydrogen (secondary N) is 2. The first-order valence-corrected chi connectivity index (χ1v) is 10.4. The molecule has 140 valence electrons. The molecular weight excluding hydrogens is 459 g/mol. The molecule has 1 atom stereocenters. The predicted molar refractivity (Wildman–Crippen MR) is 114 cm³/mol. The van der Waals surface area contributed by atoms with Crippen LogP contribution in [0.2, 0.25) is 0 Å². The fourth-order valence-corrected chi connectivity index (χ4v) is 4.38. The lowest BCUT2D eigenvalue weighted by Gasteiger charge is -2.19. The van der Waals surface area contributed by atoms with Crippen LogP contribution < -0.4 is 10.6 Å². The Kier molecular flexibility index (Phi) is 11.8. The number of halogens is 1. The Labute approximate surface area is 167 Å². The van der Waals surface area contributed by atoms with E-state index in [0.29, 0.717) is 31.5 Å². The lowest BCUT2D eigenvalue weighted by Crippen LogP contribution is -2.43.